The number of carbonyl (C=O) groups is 2. The SMILES string of the molecule is COC(=O)CNC(=O)CC(C)c1ccc(N)cc1. The fraction of sp³-hybridized carbons (Fsp3) is 0.385. The number of benzene rings is 1. The van der Waals surface area contributed by atoms with Crippen LogP contribution in [-0.4, -0.2) is 25.5 Å². The summed E-state index contributed by atoms with van der Waals surface area (Å²) in [6, 6.07) is 7.40. The fourth-order valence-electron chi connectivity index (χ4n) is 1.54. The van der Waals surface area contributed by atoms with Gasteiger partial charge in [0, 0.05) is 12.1 Å². The second kappa shape index (κ2) is 6.64. The Kier molecular flexibility index (Phi) is 5.17. The number of nitrogen functional groups attached to an aromatic ring is 1. The maximum atomic E-state index is 11.6. The summed E-state index contributed by atoms with van der Waals surface area (Å²) < 4.78 is 4.44. The van der Waals surface area contributed by atoms with Crippen molar-refractivity contribution in [2.75, 3.05) is 19.4 Å². The van der Waals surface area contributed by atoms with Gasteiger partial charge >= 0.3 is 5.97 Å². The normalized spacial score (nSPS) is 11.7. The summed E-state index contributed by atoms with van der Waals surface area (Å²) in [5.41, 5.74) is 7.33. The molecule has 0 bridgehead atoms. The van der Waals surface area contributed by atoms with Gasteiger partial charge in [-0.15, -0.1) is 0 Å². The minimum Gasteiger partial charge on any atom is -0.468 e. The third kappa shape index (κ3) is 4.45. The lowest BCUT2D eigenvalue weighted by Crippen LogP contribution is -2.30. The highest BCUT2D eigenvalue weighted by Gasteiger charge is 2.12. The molecule has 0 aliphatic carbocycles. The first kappa shape index (κ1) is 14.0. The summed E-state index contributed by atoms with van der Waals surface area (Å²) in [5, 5.41) is 2.51. The second-order valence-corrected chi connectivity index (χ2v) is 4.12. The highest BCUT2D eigenvalue weighted by atomic mass is 16.5. The van der Waals surface area contributed by atoms with Gasteiger partial charge in [-0.25, -0.2) is 0 Å². The molecule has 1 aromatic rings. The highest BCUT2D eigenvalue weighted by Crippen LogP contribution is 2.19. The minimum atomic E-state index is -0.455. The average Bonchev–Trinajstić information content (AvgIpc) is 2.36. The van der Waals surface area contributed by atoms with Gasteiger partial charge in [0.15, 0.2) is 0 Å². The fourth-order valence-corrected chi connectivity index (χ4v) is 1.54. The Bertz CT molecular complexity index is 415. The smallest absolute Gasteiger partial charge is 0.325 e. The maximum Gasteiger partial charge on any atom is 0.325 e. The number of rotatable bonds is 5. The molecular formula is C13H18N2O3. The quantitative estimate of drug-likeness (QED) is 0.604. The standard InChI is InChI=1S/C13H18N2O3/c1-9(10-3-5-11(14)6-4-10)7-12(16)15-8-13(17)18-2/h3-6,9H,7-8,14H2,1-2H3,(H,15,16). The Morgan fingerprint density at radius 1 is 1.33 bits per heavy atom. The van der Waals surface area contributed by atoms with E-state index in [1.807, 2.05) is 19.1 Å². The van der Waals surface area contributed by atoms with Gasteiger partial charge in [0.25, 0.3) is 0 Å². The molecule has 5 nitrogen and oxygen atoms in total. The zero-order valence-electron chi connectivity index (χ0n) is 10.6. The van der Waals surface area contributed by atoms with Crippen molar-refractivity contribution in [3.05, 3.63) is 29.8 Å². The summed E-state index contributed by atoms with van der Waals surface area (Å²) >= 11 is 0. The van der Waals surface area contributed by atoms with Gasteiger partial charge < -0.3 is 15.8 Å². The predicted molar refractivity (Wildman–Crippen MR) is 68.9 cm³/mol. The number of esters is 1. The van der Waals surface area contributed by atoms with E-state index in [9.17, 15) is 9.59 Å². The van der Waals surface area contributed by atoms with Gasteiger partial charge in [-0.2, -0.15) is 0 Å². The van der Waals surface area contributed by atoms with Crippen LogP contribution in [0.25, 0.3) is 0 Å². The highest BCUT2D eigenvalue weighted by molar-refractivity contribution is 5.82. The zero-order valence-corrected chi connectivity index (χ0v) is 10.6. The Morgan fingerprint density at radius 3 is 2.50 bits per heavy atom. The molecule has 3 N–H and O–H groups in total. The summed E-state index contributed by atoms with van der Waals surface area (Å²) in [5.74, 6) is -0.559. The van der Waals surface area contributed by atoms with E-state index in [4.69, 9.17) is 5.73 Å². The Hall–Kier alpha value is -2.04. The molecule has 5 heteroatoms. The van der Waals surface area contributed by atoms with Crippen LogP contribution in [0.5, 0.6) is 0 Å². The zero-order chi connectivity index (χ0) is 13.5. The van der Waals surface area contributed by atoms with E-state index in [1.54, 1.807) is 12.1 Å². The van der Waals surface area contributed by atoms with Crippen LogP contribution in [0.1, 0.15) is 24.8 Å². The minimum absolute atomic E-state index is 0.0725. The van der Waals surface area contributed by atoms with Crippen molar-refractivity contribution in [1.82, 2.24) is 5.32 Å². The van der Waals surface area contributed by atoms with Gasteiger partial charge in [0.1, 0.15) is 6.54 Å². The van der Waals surface area contributed by atoms with E-state index in [0.29, 0.717) is 12.1 Å². The van der Waals surface area contributed by atoms with E-state index in [0.717, 1.165) is 5.56 Å². The lowest BCUT2D eigenvalue weighted by Gasteiger charge is -2.11. The van der Waals surface area contributed by atoms with Crippen LogP contribution in [0.2, 0.25) is 0 Å². The van der Waals surface area contributed by atoms with E-state index in [-0.39, 0.29) is 18.4 Å². The first-order valence-corrected chi connectivity index (χ1v) is 5.72. The molecular weight excluding hydrogens is 232 g/mol. The first-order chi connectivity index (χ1) is 8.52. The lowest BCUT2D eigenvalue weighted by molar-refractivity contribution is -0.141. The number of hydrogen-bond donors (Lipinski definition) is 2. The van der Waals surface area contributed by atoms with Crippen molar-refractivity contribution >= 4 is 17.6 Å². The molecule has 0 saturated carbocycles. The molecule has 1 atom stereocenters. The van der Waals surface area contributed by atoms with Gasteiger partial charge in [-0.3, -0.25) is 9.59 Å². The third-order valence-electron chi connectivity index (χ3n) is 2.65. The number of carbonyl (C=O) groups excluding carboxylic acids is 2. The van der Waals surface area contributed by atoms with Crippen molar-refractivity contribution in [3.63, 3.8) is 0 Å². The molecule has 98 valence electrons. The van der Waals surface area contributed by atoms with Gasteiger partial charge in [-0.05, 0) is 23.6 Å². The van der Waals surface area contributed by atoms with Crippen LogP contribution < -0.4 is 11.1 Å². The molecule has 0 heterocycles. The maximum absolute atomic E-state index is 11.6. The molecule has 18 heavy (non-hydrogen) atoms. The monoisotopic (exact) mass is 250 g/mol. The molecule has 0 aliphatic heterocycles. The van der Waals surface area contributed by atoms with Crippen LogP contribution in [0.15, 0.2) is 24.3 Å². The number of nitrogens with one attached hydrogen (secondary N) is 1. The van der Waals surface area contributed by atoms with Crippen molar-refractivity contribution in [2.45, 2.75) is 19.3 Å². The number of hydrogen-bond acceptors (Lipinski definition) is 4. The average molecular weight is 250 g/mol. The molecule has 0 saturated heterocycles. The molecule has 0 aliphatic rings. The molecule has 0 fully saturated rings. The number of methoxy groups -OCH3 is 1. The van der Waals surface area contributed by atoms with Crippen molar-refractivity contribution < 1.29 is 14.3 Å². The summed E-state index contributed by atoms with van der Waals surface area (Å²) in [6.45, 7) is 1.85. The second-order valence-electron chi connectivity index (χ2n) is 4.12. The molecule has 1 amide bonds. The molecule has 0 aromatic heterocycles. The van der Waals surface area contributed by atoms with E-state index in [2.05, 4.69) is 10.1 Å². The van der Waals surface area contributed by atoms with E-state index < -0.39 is 5.97 Å². The number of anilines is 1. The van der Waals surface area contributed by atoms with Crippen LogP contribution in [0.3, 0.4) is 0 Å². The van der Waals surface area contributed by atoms with Crippen LogP contribution in [0, 0.1) is 0 Å². The van der Waals surface area contributed by atoms with E-state index in [1.165, 1.54) is 7.11 Å². The topological polar surface area (TPSA) is 81.4 Å². The predicted octanol–water partition coefficient (Wildman–Crippen LogP) is 1.05. The van der Waals surface area contributed by atoms with Crippen LogP contribution in [-0.2, 0) is 14.3 Å². The van der Waals surface area contributed by atoms with Crippen LogP contribution in [0.4, 0.5) is 5.69 Å². The lowest BCUT2D eigenvalue weighted by atomic mass is 9.97. The Morgan fingerprint density at radius 2 is 1.94 bits per heavy atom. The Balaban J connectivity index is 2.44. The van der Waals surface area contributed by atoms with Gasteiger partial charge in [0.2, 0.25) is 5.91 Å². The molecule has 1 rings (SSSR count). The van der Waals surface area contributed by atoms with Crippen molar-refractivity contribution in [3.8, 4) is 0 Å². The summed E-state index contributed by atoms with van der Waals surface area (Å²) in [4.78, 5) is 22.4. The van der Waals surface area contributed by atoms with Crippen LogP contribution >= 0.6 is 0 Å². The number of amides is 1. The molecule has 0 radical (unpaired) electrons. The number of nitrogens with two attached hydrogens (primary N) is 1. The van der Waals surface area contributed by atoms with Crippen molar-refractivity contribution in [2.24, 2.45) is 0 Å². The molecule has 1 unspecified atom stereocenters. The first-order valence-electron chi connectivity index (χ1n) is 5.72. The largest absolute Gasteiger partial charge is 0.468 e. The molecule has 1 aromatic carbocycles. The van der Waals surface area contributed by atoms with E-state index >= 15 is 0 Å². The third-order valence-corrected chi connectivity index (χ3v) is 2.65. The number of ether oxygens (including phenoxy) is 1. The summed E-state index contributed by atoms with van der Waals surface area (Å²) in [7, 11) is 1.28. The molecule has 0 spiro atoms. The van der Waals surface area contributed by atoms with Gasteiger partial charge in [-0.1, -0.05) is 19.1 Å². The summed E-state index contributed by atoms with van der Waals surface area (Å²) in [6.07, 6.45) is 0.320. The Labute approximate surface area is 106 Å². The van der Waals surface area contributed by atoms with Gasteiger partial charge in [0.05, 0.1) is 7.11 Å². The van der Waals surface area contributed by atoms with Crippen molar-refractivity contribution in [1.29, 1.82) is 0 Å².